The molecule has 0 spiro atoms. The van der Waals surface area contributed by atoms with E-state index < -0.39 is 0 Å². The zero-order valence-electron chi connectivity index (χ0n) is 3.19. The quantitative estimate of drug-likeness (QED) is 0.457. The van der Waals surface area contributed by atoms with Crippen molar-refractivity contribution in [1.29, 1.82) is 0 Å². The van der Waals surface area contributed by atoms with Crippen LogP contribution in [-0.2, 0) is 0 Å². The summed E-state index contributed by atoms with van der Waals surface area (Å²) in [4.78, 5) is 0. The molecule has 0 aromatic carbocycles. The number of hydrogen-bond donors (Lipinski definition) is 0. The molecule has 0 atom stereocenters. The summed E-state index contributed by atoms with van der Waals surface area (Å²) >= 11 is 2.64. The van der Waals surface area contributed by atoms with Crippen molar-refractivity contribution < 1.29 is 0 Å². The summed E-state index contributed by atoms with van der Waals surface area (Å²) in [6, 6.07) is 0. The third-order valence-corrected chi connectivity index (χ3v) is 0.637. The van der Waals surface area contributed by atoms with Gasteiger partial charge in [-0.1, -0.05) is 0 Å². The van der Waals surface area contributed by atoms with Crippen LogP contribution in [0.2, 0.25) is 0 Å². The molecule has 0 amide bonds. The molecule has 0 aromatic heterocycles. The van der Waals surface area contributed by atoms with Gasteiger partial charge in [0.1, 0.15) is 0 Å². The van der Waals surface area contributed by atoms with Gasteiger partial charge in [-0.05, 0) is 0 Å². The standard InChI is InChI=1S/C4H6Se/c1-2-3-4-5/h3H,2H2,1H3. The van der Waals surface area contributed by atoms with Gasteiger partial charge in [0.2, 0.25) is 0 Å². The summed E-state index contributed by atoms with van der Waals surface area (Å²) in [6.07, 6.45) is 3.02. The normalized spacial score (nSPS) is 5.80. The first-order valence-electron chi connectivity index (χ1n) is 1.61. The van der Waals surface area contributed by atoms with Crippen molar-refractivity contribution in [2.45, 2.75) is 13.3 Å². The predicted molar refractivity (Wildman–Crippen MR) is 25.6 cm³/mol. The average Bonchev–Trinajstić information content (AvgIpc) is 1.41. The van der Waals surface area contributed by atoms with Gasteiger partial charge in [0, 0.05) is 0 Å². The van der Waals surface area contributed by atoms with Crippen molar-refractivity contribution in [3.8, 4) is 0 Å². The van der Waals surface area contributed by atoms with Crippen LogP contribution in [-0.4, -0.2) is 20.2 Å². The average molecular weight is 133 g/mol. The summed E-state index contributed by atoms with van der Waals surface area (Å²) < 4.78 is 2.77. The molecule has 5 heavy (non-hydrogen) atoms. The topological polar surface area (TPSA) is 0 Å². The molecule has 0 radical (unpaired) electrons. The van der Waals surface area contributed by atoms with Gasteiger partial charge in [-0.25, -0.2) is 0 Å². The van der Waals surface area contributed by atoms with E-state index in [1.54, 1.807) is 0 Å². The molecule has 28 valence electrons. The zero-order chi connectivity index (χ0) is 4.12. The van der Waals surface area contributed by atoms with Crippen LogP contribution >= 0.6 is 0 Å². The van der Waals surface area contributed by atoms with Gasteiger partial charge >= 0.3 is 39.6 Å². The van der Waals surface area contributed by atoms with Crippen LogP contribution in [0.4, 0.5) is 0 Å². The Hall–Kier alpha value is 0.169. The molecule has 0 unspecified atom stereocenters. The Bertz CT molecular complexity index is 50.7. The summed E-state index contributed by atoms with van der Waals surface area (Å²) in [6.45, 7) is 2.07. The fourth-order valence-electron chi connectivity index (χ4n) is 0.0833. The van der Waals surface area contributed by atoms with Crippen LogP contribution in [0, 0.1) is 0 Å². The molecule has 0 saturated heterocycles. The zero-order valence-corrected chi connectivity index (χ0v) is 4.91. The summed E-state index contributed by atoms with van der Waals surface area (Å²) in [5, 5.41) is 0. The van der Waals surface area contributed by atoms with Gasteiger partial charge in [-0.3, -0.25) is 0 Å². The van der Waals surface area contributed by atoms with Gasteiger partial charge in [-0.2, -0.15) is 0 Å². The molecule has 1 heteroatoms. The van der Waals surface area contributed by atoms with Crippen molar-refractivity contribution in [3.63, 3.8) is 0 Å². The fourth-order valence-corrected chi connectivity index (χ4v) is 0.433. The van der Waals surface area contributed by atoms with Crippen LogP contribution in [0.25, 0.3) is 0 Å². The first-order chi connectivity index (χ1) is 2.41. The van der Waals surface area contributed by atoms with Gasteiger partial charge in [-0.15, -0.1) is 0 Å². The van der Waals surface area contributed by atoms with Crippen molar-refractivity contribution >= 4 is 20.2 Å². The van der Waals surface area contributed by atoms with Crippen LogP contribution in [0.3, 0.4) is 0 Å². The van der Waals surface area contributed by atoms with Crippen LogP contribution in [0.5, 0.6) is 0 Å². The maximum atomic E-state index is 2.77. The third-order valence-electron chi connectivity index (χ3n) is 0.287. The van der Waals surface area contributed by atoms with Crippen molar-refractivity contribution in [2.24, 2.45) is 0 Å². The Morgan fingerprint density at radius 3 is 2.60 bits per heavy atom. The fraction of sp³-hybridized carbons (Fsp3) is 0.500. The first-order valence-corrected chi connectivity index (χ1v) is 2.46. The molecule has 0 nitrogen and oxygen atoms in total. The monoisotopic (exact) mass is 134 g/mol. The molecule has 0 rings (SSSR count). The Labute approximate surface area is 40.2 Å². The van der Waals surface area contributed by atoms with Gasteiger partial charge in [0.05, 0.1) is 0 Å². The second-order valence-electron chi connectivity index (χ2n) is 0.730. The van der Waals surface area contributed by atoms with E-state index in [0.29, 0.717) is 0 Å². The van der Waals surface area contributed by atoms with E-state index >= 15 is 0 Å². The molecular formula is C4H6Se. The summed E-state index contributed by atoms with van der Waals surface area (Å²) in [5.74, 6) is 0. The first kappa shape index (κ1) is 5.17. The number of hydrogen-bond acceptors (Lipinski definition) is 0. The van der Waals surface area contributed by atoms with E-state index in [1.165, 1.54) is 0 Å². The Morgan fingerprint density at radius 1 is 2.00 bits per heavy atom. The van der Waals surface area contributed by atoms with Gasteiger partial charge < -0.3 is 0 Å². The second-order valence-corrected chi connectivity index (χ2v) is 1.22. The molecule has 0 saturated carbocycles. The molecular weight excluding hydrogens is 127 g/mol. The molecule has 0 aromatic rings. The maximum absolute atomic E-state index is 2.77. The Balaban J connectivity index is 2.93. The van der Waals surface area contributed by atoms with Crippen molar-refractivity contribution in [3.05, 3.63) is 6.08 Å². The minimum absolute atomic E-state index is 1.08. The summed E-state index contributed by atoms with van der Waals surface area (Å²) in [5.41, 5.74) is 0. The molecule has 0 aliphatic rings. The molecule has 0 N–H and O–H groups in total. The van der Waals surface area contributed by atoms with Crippen LogP contribution < -0.4 is 0 Å². The van der Waals surface area contributed by atoms with E-state index in [4.69, 9.17) is 0 Å². The number of rotatable bonds is 1. The van der Waals surface area contributed by atoms with Gasteiger partial charge in [0.15, 0.2) is 0 Å². The molecule has 0 bridgehead atoms. The van der Waals surface area contributed by atoms with E-state index in [-0.39, 0.29) is 0 Å². The molecule has 0 fully saturated rings. The van der Waals surface area contributed by atoms with Gasteiger partial charge in [0.25, 0.3) is 0 Å². The van der Waals surface area contributed by atoms with E-state index in [2.05, 4.69) is 27.1 Å². The number of allylic oxidation sites excluding steroid dienone is 1. The predicted octanol–water partition coefficient (Wildman–Crippen LogP) is 0.522. The third kappa shape index (κ3) is 4.17. The van der Waals surface area contributed by atoms with E-state index in [1.807, 2.05) is 6.08 Å². The molecule has 0 aliphatic heterocycles. The Kier molecular flexibility index (Phi) is 4.31. The van der Waals surface area contributed by atoms with E-state index in [9.17, 15) is 0 Å². The Morgan fingerprint density at radius 2 is 2.60 bits per heavy atom. The van der Waals surface area contributed by atoms with E-state index in [0.717, 1.165) is 6.42 Å². The minimum atomic E-state index is 1.08. The molecule has 0 aliphatic carbocycles. The van der Waals surface area contributed by atoms with Crippen molar-refractivity contribution in [1.82, 2.24) is 0 Å². The SMILES string of the molecule is CCC=C=[Se]. The van der Waals surface area contributed by atoms with Crippen molar-refractivity contribution in [2.75, 3.05) is 0 Å². The summed E-state index contributed by atoms with van der Waals surface area (Å²) in [7, 11) is 0. The van der Waals surface area contributed by atoms with Crippen LogP contribution in [0.1, 0.15) is 13.3 Å². The second kappa shape index (κ2) is 4.17. The van der Waals surface area contributed by atoms with Crippen LogP contribution in [0.15, 0.2) is 6.08 Å². The molecule has 0 heterocycles.